The van der Waals surface area contributed by atoms with Crippen molar-refractivity contribution in [2.45, 2.75) is 18.4 Å². The lowest BCUT2D eigenvalue weighted by Gasteiger charge is -2.23. The van der Waals surface area contributed by atoms with Gasteiger partial charge in [-0.2, -0.15) is 0 Å². The predicted molar refractivity (Wildman–Crippen MR) is 52.4 cm³/mol. The molecule has 6 heteroatoms. The van der Waals surface area contributed by atoms with Crippen LogP contribution in [0.3, 0.4) is 0 Å². The number of hydrogen-bond acceptors (Lipinski definition) is 4. The molecule has 6 nitrogen and oxygen atoms in total. The van der Waals surface area contributed by atoms with E-state index in [-0.39, 0.29) is 6.61 Å². The maximum absolute atomic E-state index is 9.47. The molecular formula is C8H15N3O3. The van der Waals surface area contributed by atoms with Gasteiger partial charge in [-0.25, -0.2) is 4.99 Å². The molecule has 0 spiro atoms. The molecular weight excluding hydrogens is 186 g/mol. The highest BCUT2D eigenvalue weighted by molar-refractivity contribution is 5.70. The highest BCUT2D eigenvalue weighted by Crippen LogP contribution is 2.15. The molecule has 0 aromatic carbocycles. The van der Waals surface area contributed by atoms with E-state index >= 15 is 0 Å². The van der Waals surface area contributed by atoms with Crippen LogP contribution in [0.5, 0.6) is 0 Å². The zero-order valence-corrected chi connectivity index (χ0v) is 8.24. The van der Waals surface area contributed by atoms with Crippen LogP contribution in [-0.4, -0.2) is 66.9 Å². The predicted octanol–water partition coefficient (Wildman–Crippen LogP) is -1.32. The monoisotopic (exact) mass is 201 g/mol. The molecule has 0 aromatic heterocycles. The Morgan fingerprint density at radius 2 is 2.21 bits per heavy atom. The van der Waals surface area contributed by atoms with Crippen LogP contribution in [0, 0.1) is 0 Å². The first kappa shape index (κ1) is 11.1. The van der Waals surface area contributed by atoms with E-state index in [4.69, 9.17) is 4.74 Å². The largest absolute Gasteiger partial charge is 0.388 e. The van der Waals surface area contributed by atoms with E-state index in [0.717, 1.165) is 0 Å². The van der Waals surface area contributed by atoms with E-state index in [1.54, 1.807) is 19.0 Å². The molecule has 1 aliphatic rings. The second kappa shape index (κ2) is 5.04. The van der Waals surface area contributed by atoms with Crippen LogP contribution < -0.4 is 0 Å². The number of aliphatic hydroxyl groups is 2. The summed E-state index contributed by atoms with van der Waals surface area (Å²) in [6.45, 7) is 0.145. The summed E-state index contributed by atoms with van der Waals surface area (Å²) in [6.07, 6.45) is 0.604. The van der Waals surface area contributed by atoms with Gasteiger partial charge in [0.1, 0.15) is 18.5 Å². The molecule has 0 bridgehead atoms. The fourth-order valence-electron chi connectivity index (χ4n) is 1.21. The molecule has 1 fully saturated rings. The molecule has 80 valence electrons. The third kappa shape index (κ3) is 2.50. The van der Waals surface area contributed by atoms with Gasteiger partial charge in [0.15, 0.2) is 6.23 Å². The van der Waals surface area contributed by atoms with Crippen molar-refractivity contribution in [2.24, 2.45) is 9.98 Å². The molecule has 0 saturated carbocycles. The highest BCUT2D eigenvalue weighted by Gasteiger charge is 2.36. The van der Waals surface area contributed by atoms with Gasteiger partial charge in [-0.1, -0.05) is 0 Å². The van der Waals surface area contributed by atoms with Gasteiger partial charge < -0.3 is 19.8 Å². The van der Waals surface area contributed by atoms with Gasteiger partial charge >= 0.3 is 0 Å². The third-order valence-electron chi connectivity index (χ3n) is 1.96. The van der Waals surface area contributed by atoms with Crippen molar-refractivity contribution in [1.82, 2.24) is 4.90 Å². The number of nitrogens with zero attached hydrogens (tertiary/aromatic N) is 3. The summed E-state index contributed by atoms with van der Waals surface area (Å²) in [6, 6.07) is 0. The average molecular weight is 201 g/mol. The van der Waals surface area contributed by atoms with Crippen LogP contribution in [0.25, 0.3) is 0 Å². The molecule has 1 saturated heterocycles. The van der Waals surface area contributed by atoms with Crippen molar-refractivity contribution in [3.05, 3.63) is 0 Å². The SMILES string of the molecule is CN=CN=CN(C)C1OCC(O)C1O. The van der Waals surface area contributed by atoms with E-state index in [2.05, 4.69) is 9.98 Å². The molecule has 1 heterocycles. The standard InChI is InChI=1S/C8H15N3O3/c1-9-4-10-5-11(2)8-7(13)6(12)3-14-8/h4-8,12-13H,3H2,1-2H3. The Kier molecular flexibility index (Phi) is 3.99. The molecule has 1 aliphatic heterocycles. The first-order valence-corrected chi connectivity index (χ1v) is 4.30. The Bertz CT molecular complexity index is 232. The first-order valence-electron chi connectivity index (χ1n) is 4.30. The van der Waals surface area contributed by atoms with Crippen LogP contribution in [0.1, 0.15) is 0 Å². The van der Waals surface area contributed by atoms with Crippen LogP contribution in [-0.2, 0) is 4.74 Å². The average Bonchev–Trinajstić information content (AvgIpc) is 2.48. The Hall–Kier alpha value is -0.980. The van der Waals surface area contributed by atoms with Crippen molar-refractivity contribution in [1.29, 1.82) is 0 Å². The minimum Gasteiger partial charge on any atom is -0.388 e. The van der Waals surface area contributed by atoms with E-state index < -0.39 is 18.4 Å². The Morgan fingerprint density at radius 3 is 2.71 bits per heavy atom. The Labute approximate surface area is 82.5 Å². The second-order valence-corrected chi connectivity index (χ2v) is 3.09. The second-order valence-electron chi connectivity index (χ2n) is 3.09. The lowest BCUT2D eigenvalue weighted by atomic mass is 10.2. The highest BCUT2D eigenvalue weighted by atomic mass is 16.5. The number of likely N-dealkylation sites (N-methyl/N-ethyl adjacent to an activating group) is 1. The number of ether oxygens (including phenoxy) is 1. The number of aliphatic hydroxyl groups excluding tert-OH is 2. The summed E-state index contributed by atoms with van der Waals surface area (Å²) in [5.41, 5.74) is 0. The lowest BCUT2D eigenvalue weighted by Crippen LogP contribution is -2.41. The summed E-state index contributed by atoms with van der Waals surface area (Å²) in [7, 11) is 3.32. The maximum atomic E-state index is 9.47. The minimum absolute atomic E-state index is 0.145. The van der Waals surface area contributed by atoms with Crippen molar-refractivity contribution in [3.63, 3.8) is 0 Å². The van der Waals surface area contributed by atoms with Gasteiger partial charge in [-0.3, -0.25) is 4.99 Å². The van der Waals surface area contributed by atoms with Crippen LogP contribution in [0.4, 0.5) is 0 Å². The molecule has 2 N–H and O–H groups in total. The van der Waals surface area contributed by atoms with Gasteiger partial charge in [0.05, 0.1) is 12.9 Å². The summed E-state index contributed by atoms with van der Waals surface area (Å²) in [4.78, 5) is 9.08. The number of aliphatic imine (C=N–C) groups is 2. The molecule has 0 aliphatic carbocycles. The molecule has 3 atom stereocenters. The molecule has 1 rings (SSSR count). The Morgan fingerprint density at radius 1 is 1.50 bits per heavy atom. The molecule has 0 amide bonds. The van der Waals surface area contributed by atoms with Crippen molar-refractivity contribution >= 4 is 12.7 Å². The van der Waals surface area contributed by atoms with Crippen molar-refractivity contribution in [3.8, 4) is 0 Å². The van der Waals surface area contributed by atoms with Crippen molar-refractivity contribution < 1.29 is 14.9 Å². The molecule has 0 aromatic rings. The van der Waals surface area contributed by atoms with E-state index in [0.29, 0.717) is 0 Å². The van der Waals surface area contributed by atoms with Crippen molar-refractivity contribution in [2.75, 3.05) is 20.7 Å². The maximum Gasteiger partial charge on any atom is 0.159 e. The third-order valence-corrected chi connectivity index (χ3v) is 1.96. The lowest BCUT2D eigenvalue weighted by molar-refractivity contribution is -0.0320. The number of hydrogen-bond donors (Lipinski definition) is 2. The summed E-state index contributed by atoms with van der Waals surface area (Å²) in [5.74, 6) is 0. The van der Waals surface area contributed by atoms with Gasteiger partial charge in [0.25, 0.3) is 0 Å². The fourth-order valence-corrected chi connectivity index (χ4v) is 1.21. The molecule has 14 heavy (non-hydrogen) atoms. The summed E-state index contributed by atoms with van der Waals surface area (Å²) < 4.78 is 5.16. The smallest absolute Gasteiger partial charge is 0.159 e. The van der Waals surface area contributed by atoms with Gasteiger partial charge in [-0.05, 0) is 0 Å². The van der Waals surface area contributed by atoms with Crippen LogP contribution >= 0.6 is 0 Å². The summed E-state index contributed by atoms with van der Waals surface area (Å²) in [5, 5.41) is 18.7. The van der Waals surface area contributed by atoms with E-state index in [9.17, 15) is 10.2 Å². The molecule has 0 radical (unpaired) electrons. The fraction of sp³-hybridized carbons (Fsp3) is 0.750. The summed E-state index contributed by atoms with van der Waals surface area (Å²) >= 11 is 0. The quantitative estimate of drug-likeness (QED) is 0.438. The van der Waals surface area contributed by atoms with Crippen LogP contribution in [0.15, 0.2) is 9.98 Å². The van der Waals surface area contributed by atoms with Gasteiger partial charge in [-0.15, -0.1) is 0 Å². The number of rotatable bonds is 3. The molecule has 3 unspecified atom stereocenters. The Balaban J connectivity index is 2.48. The minimum atomic E-state index is -0.898. The van der Waals surface area contributed by atoms with E-state index in [1.165, 1.54) is 12.7 Å². The zero-order chi connectivity index (χ0) is 10.6. The normalized spacial score (nSPS) is 33.3. The van der Waals surface area contributed by atoms with Gasteiger partial charge in [0.2, 0.25) is 0 Å². The topological polar surface area (TPSA) is 77.7 Å². The van der Waals surface area contributed by atoms with Crippen LogP contribution in [0.2, 0.25) is 0 Å². The first-order chi connectivity index (χ1) is 6.66. The zero-order valence-electron chi connectivity index (χ0n) is 8.24. The van der Waals surface area contributed by atoms with Gasteiger partial charge in [0, 0.05) is 14.1 Å². The van der Waals surface area contributed by atoms with E-state index in [1.807, 2.05) is 0 Å².